The van der Waals surface area contributed by atoms with Crippen molar-refractivity contribution in [3.8, 4) is 5.75 Å². The lowest BCUT2D eigenvalue weighted by Crippen LogP contribution is -2.48. The van der Waals surface area contributed by atoms with Crippen LogP contribution in [0.5, 0.6) is 5.75 Å². The van der Waals surface area contributed by atoms with E-state index in [1.807, 2.05) is 41.3 Å². The molecular weight excluding hydrogens is 424 g/mol. The monoisotopic (exact) mass is 452 g/mol. The van der Waals surface area contributed by atoms with Gasteiger partial charge in [-0.1, -0.05) is 44.5 Å². The van der Waals surface area contributed by atoms with Crippen LogP contribution in [-0.2, 0) is 12.0 Å². The fourth-order valence-electron chi connectivity index (χ4n) is 3.75. The molecular formula is C26H29ClN2O3. The van der Waals surface area contributed by atoms with E-state index in [-0.39, 0.29) is 17.9 Å². The van der Waals surface area contributed by atoms with Gasteiger partial charge in [0, 0.05) is 36.9 Å². The number of piperazine rings is 1. The SMILES string of the molecule is CC(C)(C)c1ccc(OCc2ccc(C(=O)N3CCN(c4ccc(Cl)cc4)CC3)o2)cc1. The van der Waals surface area contributed by atoms with E-state index >= 15 is 0 Å². The van der Waals surface area contributed by atoms with Crippen molar-refractivity contribution in [2.45, 2.75) is 32.8 Å². The van der Waals surface area contributed by atoms with E-state index < -0.39 is 0 Å². The van der Waals surface area contributed by atoms with Crippen molar-refractivity contribution in [2.24, 2.45) is 0 Å². The van der Waals surface area contributed by atoms with Crippen molar-refractivity contribution in [3.05, 3.63) is 82.8 Å². The van der Waals surface area contributed by atoms with Crippen molar-refractivity contribution >= 4 is 23.2 Å². The van der Waals surface area contributed by atoms with E-state index in [0.717, 1.165) is 29.5 Å². The number of hydrogen-bond acceptors (Lipinski definition) is 4. The minimum absolute atomic E-state index is 0.0819. The van der Waals surface area contributed by atoms with Gasteiger partial charge in [0.05, 0.1) is 0 Å². The summed E-state index contributed by atoms with van der Waals surface area (Å²) in [6, 6.07) is 19.4. The average Bonchev–Trinajstić information content (AvgIpc) is 3.27. The van der Waals surface area contributed by atoms with Gasteiger partial charge in [-0.15, -0.1) is 0 Å². The Morgan fingerprint density at radius 3 is 2.22 bits per heavy atom. The molecule has 168 valence electrons. The highest BCUT2D eigenvalue weighted by Gasteiger charge is 2.24. The van der Waals surface area contributed by atoms with E-state index in [0.29, 0.717) is 24.6 Å². The van der Waals surface area contributed by atoms with Gasteiger partial charge >= 0.3 is 0 Å². The van der Waals surface area contributed by atoms with Gasteiger partial charge in [-0.3, -0.25) is 4.79 Å². The van der Waals surface area contributed by atoms with Crippen LogP contribution in [0.4, 0.5) is 5.69 Å². The summed E-state index contributed by atoms with van der Waals surface area (Å²) in [5.74, 6) is 1.68. The van der Waals surface area contributed by atoms with Crippen LogP contribution < -0.4 is 9.64 Å². The summed E-state index contributed by atoms with van der Waals surface area (Å²) in [4.78, 5) is 17.0. The molecule has 2 heterocycles. The number of ether oxygens (including phenoxy) is 1. The second-order valence-electron chi connectivity index (χ2n) is 9.08. The Hall–Kier alpha value is -2.92. The molecule has 0 unspecified atom stereocenters. The highest BCUT2D eigenvalue weighted by molar-refractivity contribution is 6.30. The zero-order chi connectivity index (χ0) is 22.7. The zero-order valence-corrected chi connectivity index (χ0v) is 19.6. The first-order valence-electron chi connectivity index (χ1n) is 10.9. The summed E-state index contributed by atoms with van der Waals surface area (Å²) < 4.78 is 11.6. The fraction of sp³-hybridized carbons (Fsp3) is 0.346. The Bertz CT molecular complexity index is 1040. The Morgan fingerprint density at radius 1 is 0.938 bits per heavy atom. The molecule has 1 saturated heterocycles. The first kappa shape index (κ1) is 22.3. The number of halogens is 1. The smallest absolute Gasteiger partial charge is 0.289 e. The van der Waals surface area contributed by atoms with E-state index in [1.54, 1.807) is 12.1 Å². The molecule has 0 atom stereocenters. The number of benzene rings is 2. The van der Waals surface area contributed by atoms with E-state index in [4.69, 9.17) is 20.8 Å². The molecule has 4 rings (SSSR count). The first-order valence-corrected chi connectivity index (χ1v) is 11.3. The van der Waals surface area contributed by atoms with Gasteiger partial charge < -0.3 is 19.0 Å². The molecule has 1 amide bonds. The van der Waals surface area contributed by atoms with Gasteiger partial charge in [0.2, 0.25) is 0 Å². The summed E-state index contributed by atoms with van der Waals surface area (Å²) in [6.45, 7) is 9.67. The van der Waals surface area contributed by atoms with Gasteiger partial charge in [0.1, 0.15) is 18.1 Å². The normalized spacial score (nSPS) is 14.5. The van der Waals surface area contributed by atoms with Crippen LogP contribution >= 0.6 is 11.6 Å². The average molecular weight is 453 g/mol. The molecule has 0 aliphatic carbocycles. The quantitative estimate of drug-likeness (QED) is 0.492. The third-order valence-electron chi connectivity index (χ3n) is 5.73. The molecule has 0 N–H and O–H groups in total. The molecule has 0 bridgehead atoms. The molecule has 5 nitrogen and oxygen atoms in total. The summed E-state index contributed by atoms with van der Waals surface area (Å²) in [5.41, 5.74) is 2.48. The van der Waals surface area contributed by atoms with Crippen LogP contribution in [0.25, 0.3) is 0 Å². The third-order valence-corrected chi connectivity index (χ3v) is 5.98. The number of furan rings is 1. The van der Waals surface area contributed by atoms with E-state index in [1.165, 1.54) is 5.56 Å². The van der Waals surface area contributed by atoms with Crippen molar-refractivity contribution in [1.82, 2.24) is 4.90 Å². The van der Waals surface area contributed by atoms with Crippen molar-refractivity contribution < 1.29 is 13.9 Å². The second kappa shape index (κ2) is 9.29. The largest absolute Gasteiger partial charge is 0.486 e. The number of hydrogen-bond donors (Lipinski definition) is 0. The van der Waals surface area contributed by atoms with Gasteiger partial charge in [-0.25, -0.2) is 0 Å². The highest BCUT2D eigenvalue weighted by atomic mass is 35.5. The Labute approximate surface area is 194 Å². The van der Waals surface area contributed by atoms with Gasteiger partial charge in [-0.05, 0) is 59.5 Å². The molecule has 1 fully saturated rings. The lowest BCUT2D eigenvalue weighted by Gasteiger charge is -2.35. The number of carbonyl (C=O) groups is 1. The molecule has 2 aromatic carbocycles. The number of carbonyl (C=O) groups excluding carboxylic acids is 1. The Kier molecular flexibility index (Phi) is 6.47. The predicted molar refractivity (Wildman–Crippen MR) is 128 cm³/mol. The van der Waals surface area contributed by atoms with Crippen LogP contribution in [0.3, 0.4) is 0 Å². The maximum Gasteiger partial charge on any atom is 0.289 e. The first-order chi connectivity index (χ1) is 15.3. The minimum atomic E-state index is -0.0819. The van der Waals surface area contributed by atoms with Crippen LogP contribution in [0, 0.1) is 0 Å². The number of anilines is 1. The number of nitrogens with zero attached hydrogens (tertiary/aromatic N) is 2. The molecule has 0 saturated carbocycles. The summed E-state index contributed by atoms with van der Waals surface area (Å²) in [6.07, 6.45) is 0. The van der Waals surface area contributed by atoms with Crippen molar-refractivity contribution in [3.63, 3.8) is 0 Å². The highest BCUT2D eigenvalue weighted by Crippen LogP contribution is 2.25. The molecule has 0 spiro atoms. The maximum absolute atomic E-state index is 12.9. The van der Waals surface area contributed by atoms with Crippen LogP contribution in [0.1, 0.15) is 42.6 Å². The van der Waals surface area contributed by atoms with Gasteiger partial charge in [0.25, 0.3) is 5.91 Å². The standard InChI is InChI=1S/C26H29ClN2O3/c1-26(2,3)19-4-10-22(11-5-19)31-18-23-12-13-24(32-23)25(30)29-16-14-28(15-17-29)21-8-6-20(27)7-9-21/h4-13H,14-18H2,1-3H3. The van der Waals surface area contributed by atoms with E-state index in [9.17, 15) is 4.79 Å². The van der Waals surface area contributed by atoms with Crippen LogP contribution in [0.2, 0.25) is 5.02 Å². The summed E-state index contributed by atoms with van der Waals surface area (Å²) in [7, 11) is 0. The molecule has 1 aliphatic heterocycles. The number of rotatable bonds is 5. The molecule has 3 aromatic rings. The van der Waals surface area contributed by atoms with Crippen molar-refractivity contribution in [1.29, 1.82) is 0 Å². The predicted octanol–water partition coefficient (Wildman–Crippen LogP) is 5.77. The van der Waals surface area contributed by atoms with Gasteiger partial charge in [0.15, 0.2) is 5.76 Å². The molecule has 0 radical (unpaired) electrons. The lowest BCUT2D eigenvalue weighted by atomic mass is 9.87. The van der Waals surface area contributed by atoms with E-state index in [2.05, 4.69) is 37.8 Å². The minimum Gasteiger partial charge on any atom is -0.486 e. The third kappa shape index (κ3) is 5.28. The number of amides is 1. The molecule has 32 heavy (non-hydrogen) atoms. The fourth-order valence-corrected chi connectivity index (χ4v) is 3.88. The molecule has 1 aromatic heterocycles. The Morgan fingerprint density at radius 2 is 1.59 bits per heavy atom. The van der Waals surface area contributed by atoms with Crippen LogP contribution in [0.15, 0.2) is 65.1 Å². The zero-order valence-electron chi connectivity index (χ0n) is 18.8. The maximum atomic E-state index is 12.9. The lowest BCUT2D eigenvalue weighted by molar-refractivity contribution is 0.0710. The molecule has 6 heteroatoms. The van der Waals surface area contributed by atoms with Crippen LogP contribution in [-0.4, -0.2) is 37.0 Å². The molecule has 1 aliphatic rings. The Balaban J connectivity index is 1.29. The van der Waals surface area contributed by atoms with Crippen molar-refractivity contribution in [2.75, 3.05) is 31.1 Å². The van der Waals surface area contributed by atoms with Gasteiger partial charge in [-0.2, -0.15) is 0 Å². The summed E-state index contributed by atoms with van der Waals surface area (Å²) >= 11 is 5.97. The summed E-state index contributed by atoms with van der Waals surface area (Å²) in [5, 5.41) is 0.724. The second-order valence-corrected chi connectivity index (χ2v) is 9.52. The topological polar surface area (TPSA) is 45.9 Å².